The van der Waals surface area contributed by atoms with Gasteiger partial charge in [-0.15, -0.1) is 0 Å². The maximum Gasteiger partial charge on any atom is 0.431 e. The second-order valence-electron chi connectivity index (χ2n) is 9.37. The number of hydrogen-bond donors (Lipinski definition) is 1. The van der Waals surface area contributed by atoms with Gasteiger partial charge in [0.05, 0.1) is 26.9 Å². The highest BCUT2D eigenvalue weighted by Crippen LogP contribution is 2.38. The summed E-state index contributed by atoms with van der Waals surface area (Å²) in [5, 5.41) is 7.81. The average Bonchev–Trinajstić information content (AvgIpc) is 3.16. The third kappa shape index (κ3) is 4.85. The number of carbonyl (C=O) groups excluding carboxylic acids is 3. The van der Waals surface area contributed by atoms with Crippen molar-refractivity contribution in [2.45, 2.75) is 51.9 Å². The maximum atomic E-state index is 13.5. The molecular weight excluding hydrogens is 520 g/mol. The molecule has 1 aromatic carbocycles. The van der Waals surface area contributed by atoms with Crippen LogP contribution >= 0.6 is 23.2 Å². The van der Waals surface area contributed by atoms with Crippen LogP contribution in [0.5, 0.6) is 0 Å². The van der Waals surface area contributed by atoms with Crippen molar-refractivity contribution in [3.63, 3.8) is 0 Å². The van der Waals surface area contributed by atoms with Gasteiger partial charge in [-0.05, 0) is 37.8 Å². The van der Waals surface area contributed by atoms with Gasteiger partial charge >= 0.3 is 6.18 Å². The molecule has 12 heteroatoms. The molecule has 1 N–H and O–H groups in total. The number of aldehydes is 1. The Balaban J connectivity index is 1.62. The fourth-order valence-corrected chi connectivity index (χ4v) is 5.50. The molecule has 3 aliphatic heterocycles. The summed E-state index contributed by atoms with van der Waals surface area (Å²) in [4.78, 5) is 39.1. The fraction of sp³-hybridized carbons (Fsp3) is 0.500. The minimum absolute atomic E-state index is 0.0192. The van der Waals surface area contributed by atoms with Gasteiger partial charge < -0.3 is 15.0 Å². The molecule has 3 aliphatic rings. The van der Waals surface area contributed by atoms with Crippen LogP contribution in [0.1, 0.15) is 60.2 Å². The summed E-state index contributed by atoms with van der Waals surface area (Å²) in [7, 11) is 0. The molecule has 3 heterocycles. The van der Waals surface area contributed by atoms with Crippen molar-refractivity contribution in [2.75, 3.05) is 13.1 Å². The van der Waals surface area contributed by atoms with Crippen molar-refractivity contribution in [3.8, 4) is 0 Å². The molecule has 4 rings (SSSR count). The van der Waals surface area contributed by atoms with Crippen molar-refractivity contribution >= 4 is 46.9 Å². The second kappa shape index (κ2) is 10.0. The van der Waals surface area contributed by atoms with E-state index >= 15 is 0 Å². The van der Waals surface area contributed by atoms with E-state index in [0.29, 0.717) is 32.4 Å². The van der Waals surface area contributed by atoms with E-state index < -0.39 is 29.8 Å². The minimum Gasteiger partial charge on any atom is -0.359 e. The number of amides is 1. The van der Waals surface area contributed by atoms with Crippen LogP contribution in [0.2, 0.25) is 10.0 Å². The maximum absolute atomic E-state index is 13.5. The first-order chi connectivity index (χ1) is 16.9. The number of hydrogen-bond acceptors (Lipinski definition) is 6. The summed E-state index contributed by atoms with van der Waals surface area (Å²) in [6.45, 7) is 4.05. The Bertz CT molecular complexity index is 1160. The van der Waals surface area contributed by atoms with Gasteiger partial charge in [0, 0.05) is 31.8 Å². The van der Waals surface area contributed by atoms with Gasteiger partial charge in [-0.2, -0.15) is 18.3 Å². The van der Waals surface area contributed by atoms with Gasteiger partial charge in [-0.25, -0.2) is 5.01 Å². The third-order valence-electron chi connectivity index (χ3n) is 6.98. The molecule has 1 fully saturated rings. The third-order valence-corrected chi connectivity index (χ3v) is 7.69. The molecule has 0 radical (unpaired) electrons. The van der Waals surface area contributed by atoms with Gasteiger partial charge in [0.1, 0.15) is 23.9 Å². The van der Waals surface area contributed by atoms with E-state index in [1.165, 1.54) is 24.1 Å². The zero-order chi connectivity index (χ0) is 26.4. The van der Waals surface area contributed by atoms with Crippen LogP contribution < -0.4 is 5.32 Å². The molecule has 0 bridgehead atoms. The first kappa shape index (κ1) is 26.5. The standard InChI is InChI=1S/C24H25Cl2F3N4O3/c1-12-11-17(24(27,28)29)31-33-13(2)20(30-22(12)33)21(35)18-16(25)4-3-15(19(18)26)23(36)32-8-5-14(6-9-32)7-10-34/h3-4,10,12,14,22,30H,5-9,11H2,1-2H3. The predicted molar refractivity (Wildman–Crippen MR) is 129 cm³/mol. The number of Topliss-reactive ketones (excluding diaryl/α,β-unsaturated/α-hetero) is 1. The van der Waals surface area contributed by atoms with Crippen molar-refractivity contribution in [3.05, 3.63) is 44.7 Å². The average molecular weight is 545 g/mol. The molecule has 0 saturated carbocycles. The highest BCUT2D eigenvalue weighted by molar-refractivity contribution is 6.42. The highest BCUT2D eigenvalue weighted by Gasteiger charge is 2.46. The normalized spacial score (nSPS) is 22.8. The lowest BCUT2D eigenvalue weighted by atomic mass is 9.93. The Morgan fingerprint density at radius 3 is 2.50 bits per heavy atom. The number of nitrogens with zero attached hydrogens (tertiary/aromatic N) is 3. The van der Waals surface area contributed by atoms with E-state index in [2.05, 4.69) is 10.4 Å². The van der Waals surface area contributed by atoms with E-state index in [9.17, 15) is 27.6 Å². The molecule has 36 heavy (non-hydrogen) atoms. The largest absolute Gasteiger partial charge is 0.431 e. The molecule has 1 aromatic rings. The van der Waals surface area contributed by atoms with E-state index in [1.54, 1.807) is 11.8 Å². The zero-order valence-corrected chi connectivity index (χ0v) is 21.2. The number of benzene rings is 1. The number of halogens is 5. The molecule has 2 atom stereocenters. The molecule has 1 amide bonds. The SMILES string of the molecule is CC1=C(C(=O)c2c(Cl)ccc(C(=O)N3CCC(CC=O)CC3)c2Cl)NC2C(C)CC(C(F)(F)F)=NN12. The lowest BCUT2D eigenvalue weighted by Gasteiger charge is -2.34. The van der Waals surface area contributed by atoms with Gasteiger partial charge in [-0.1, -0.05) is 30.1 Å². The van der Waals surface area contributed by atoms with E-state index in [1.807, 2.05) is 0 Å². The second-order valence-corrected chi connectivity index (χ2v) is 10.2. The number of nitrogens with one attached hydrogen (secondary N) is 1. The summed E-state index contributed by atoms with van der Waals surface area (Å²) < 4.78 is 39.9. The van der Waals surface area contributed by atoms with Crippen molar-refractivity contribution in [2.24, 2.45) is 16.9 Å². The van der Waals surface area contributed by atoms with Crippen molar-refractivity contribution in [1.82, 2.24) is 15.2 Å². The Kier molecular flexibility index (Phi) is 7.39. The number of hydrazone groups is 1. The first-order valence-electron chi connectivity index (χ1n) is 11.6. The highest BCUT2D eigenvalue weighted by atomic mass is 35.5. The van der Waals surface area contributed by atoms with Gasteiger partial charge in [0.2, 0.25) is 5.78 Å². The first-order valence-corrected chi connectivity index (χ1v) is 12.4. The monoisotopic (exact) mass is 544 g/mol. The summed E-state index contributed by atoms with van der Waals surface area (Å²) in [6.07, 6.45) is -2.79. The molecule has 0 aromatic heterocycles. The van der Waals surface area contributed by atoms with E-state index in [4.69, 9.17) is 23.2 Å². The molecular formula is C24H25Cl2F3N4O3. The number of fused-ring (bicyclic) bond motifs is 1. The Morgan fingerprint density at radius 2 is 1.89 bits per heavy atom. The number of ketones is 1. The number of carbonyl (C=O) groups is 3. The molecule has 0 spiro atoms. The van der Waals surface area contributed by atoms with Crippen molar-refractivity contribution < 1.29 is 27.6 Å². The molecule has 2 unspecified atom stereocenters. The lowest BCUT2D eigenvalue weighted by molar-refractivity contribution is -0.108. The zero-order valence-electron chi connectivity index (χ0n) is 19.7. The Morgan fingerprint density at radius 1 is 1.22 bits per heavy atom. The number of allylic oxidation sites excluding steroid dienone is 2. The van der Waals surface area contributed by atoms with Crippen LogP contribution in [0.3, 0.4) is 0 Å². The smallest absolute Gasteiger partial charge is 0.359 e. The van der Waals surface area contributed by atoms with Crippen LogP contribution in [0.25, 0.3) is 0 Å². The van der Waals surface area contributed by atoms with Gasteiger partial charge in [-0.3, -0.25) is 9.59 Å². The number of alkyl halides is 3. The van der Waals surface area contributed by atoms with E-state index in [-0.39, 0.29) is 50.8 Å². The molecule has 7 nitrogen and oxygen atoms in total. The van der Waals surface area contributed by atoms with Crippen LogP contribution in [-0.4, -0.2) is 59.0 Å². The number of piperidine rings is 1. The molecule has 194 valence electrons. The lowest BCUT2D eigenvalue weighted by Crippen LogP contribution is -2.47. The number of likely N-dealkylation sites (tertiary alicyclic amines) is 1. The summed E-state index contributed by atoms with van der Waals surface area (Å²) in [6, 6.07) is 2.86. The Hall–Kier alpha value is -2.59. The van der Waals surface area contributed by atoms with Crippen LogP contribution in [-0.2, 0) is 4.79 Å². The summed E-state index contributed by atoms with van der Waals surface area (Å²) in [5.74, 6) is -1.24. The summed E-state index contributed by atoms with van der Waals surface area (Å²) in [5.41, 5.74) is -0.671. The van der Waals surface area contributed by atoms with Gasteiger partial charge in [0.25, 0.3) is 5.91 Å². The fourth-order valence-electron chi connectivity index (χ4n) is 4.88. The van der Waals surface area contributed by atoms with Gasteiger partial charge in [0.15, 0.2) is 0 Å². The Labute approximate surface area is 216 Å². The minimum atomic E-state index is -4.57. The van der Waals surface area contributed by atoms with Crippen molar-refractivity contribution in [1.29, 1.82) is 0 Å². The van der Waals surface area contributed by atoms with Crippen LogP contribution in [0.4, 0.5) is 13.2 Å². The topological polar surface area (TPSA) is 82.1 Å². The quantitative estimate of drug-likeness (QED) is 0.415. The molecule has 0 aliphatic carbocycles. The van der Waals surface area contributed by atoms with E-state index in [0.717, 1.165) is 6.29 Å². The van der Waals surface area contributed by atoms with Crippen LogP contribution in [0.15, 0.2) is 28.6 Å². The predicted octanol–water partition coefficient (Wildman–Crippen LogP) is 5.04. The number of rotatable bonds is 5. The summed E-state index contributed by atoms with van der Waals surface area (Å²) >= 11 is 12.9. The van der Waals surface area contributed by atoms with Crippen LogP contribution in [0, 0.1) is 11.8 Å². The molecule has 1 saturated heterocycles.